The molecule has 0 spiro atoms. The molecule has 220 valence electrons. The largest absolute Gasteiger partial charge is 0.338 e. The molecule has 5 rings (SSSR count). The van der Waals surface area contributed by atoms with E-state index < -0.39 is 6.17 Å². The predicted octanol–water partition coefficient (Wildman–Crippen LogP) is 5.28. The third-order valence-corrected chi connectivity index (χ3v) is 8.55. The van der Waals surface area contributed by atoms with Gasteiger partial charge in [-0.2, -0.15) is 0 Å². The van der Waals surface area contributed by atoms with E-state index >= 15 is 0 Å². The maximum atomic E-state index is 13.8. The first-order valence-corrected chi connectivity index (χ1v) is 15.3. The fourth-order valence-corrected chi connectivity index (χ4v) is 6.28. The molecule has 42 heavy (non-hydrogen) atoms. The molecule has 0 aromatic heterocycles. The van der Waals surface area contributed by atoms with E-state index in [9.17, 15) is 14.4 Å². The molecule has 2 saturated heterocycles. The van der Waals surface area contributed by atoms with Gasteiger partial charge in [0.1, 0.15) is 6.17 Å². The van der Waals surface area contributed by atoms with Crippen LogP contribution in [0.5, 0.6) is 0 Å². The quantitative estimate of drug-likeness (QED) is 0.363. The van der Waals surface area contributed by atoms with Gasteiger partial charge in [0.05, 0.1) is 12.5 Å². The molecule has 3 aromatic rings. The standard InChI is InChI=1S/C35H42N4O3/c1-2-3-22-37-26-32-38(23-20-33(40)39(32)25-30(34(37)41)24-27-13-7-4-8-14-27)35(42)36-21-19-31(28-15-9-5-10-16-28)29-17-11-6-12-18-29/h4-18,30-32H,2-3,19-26H2,1H3,(H,36,42)/t30-,32?/m1/s1. The van der Waals surface area contributed by atoms with Gasteiger partial charge in [-0.3, -0.25) is 9.59 Å². The molecule has 2 fully saturated rings. The minimum Gasteiger partial charge on any atom is -0.338 e. The van der Waals surface area contributed by atoms with E-state index in [0.29, 0.717) is 39.1 Å². The summed E-state index contributed by atoms with van der Waals surface area (Å²) < 4.78 is 0. The number of benzene rings is 3. The van der Waals surface area contributed by atoms with Crippen molar-refractivity contribution in [3.63, 3.8) is 0 Å². The highest BCUT2D eigenvalue weighted by Crippen LogP contribution is 2.28. The van der Waals surface area contributed by atoms with Gasteiger partial charge in [0.2, 0.25) is 11.8 Å². The van der Waals surface area contributed by atoms with Crippen molar-refractivity contribution in [2.45, 2.75) is 51.1 Å². The Hall–Kier alpha value is -4.13. The lowest BCUT2D eigenvalue weighted by molar-refractivity contribution is -0.142. The summed E-state index contributed by atoms with van der Waals surface area (Å²) in [6, 6.07) is 30.6. The molecule has 0 bridgehead atoms. The Kier molecular flexibility index (Phi) is 9.90. The van der Waals surface area contributed by atoms with Crippen LogP contribution < -0.4 is 5.32 Å². The van der Waals surface area contributed by atoms with E-state index in [1.807, 2.05) is 71.6 Å². The van der Waals surface area contributed by atoms with Crippen molar-refractivity contribution in [3.8, 4) is 0 Å². The van der Waals surface area contributed by atoms with E-state index in [-0.39, 0.29) is 36.1 Å². The first kappa shape index (κ1) is 29.4. The Morgan fingerprint density at radius 2 is 1.50 bits per heavy atom. The zero-order chi connectivity index (χ0) is 29.3. The molecule has 0 saturated carbocycles. The highest BCUT2D eigenvalue weighted by Gasteiger charge is 2.43. The molecule has 0 radical (unpaired) electrons. The van der Waals surface area contributed by atoms with Gasteiger partial charge < -0.3 is 20.0 Å². The van der Waals surface area contributed by atoms with E-state index in [4.69, 9.17) is 0 Å². The van der Waals surface area contributed by atoms with Crippen LogP contribution in [0.4, 0.5) is 4.79 Å². The second kappa shape index (κ2) is 14.2. The average Bonchev–Trinajstić information content (AvgIpc) is 3.16. The lowest BCUT2D eigenvalue weighted by atomic mass is 9.88. The summed E-state index contributed by atoms with van der Waals surface area (Å²) in [5.74, 6) is -0.0893. The molecule has 7 nitrogen and oxygen atoms in total. The van der Waals surface area contributed by atoms with Crippen LogP contribution in [0.3, 0.4) is 0 Å². The number of urea groups is 1. The zero-order valence-corrected chi connectivity index (χ0v) is 24.5. The van der Waals surface area contributed by atoms with Gasteiger partial charge in [-0.15, -0.1) is 0 Å². The molecular weight excluding hydrogens is 524 g/mol. The minimum absolute atomic E-state index is 0.0143. The molecule has 2 atom stereocenters. The van der Waals surface area contributed by atoms with Gasteiger partial charge in [-0.25, -0.2) is 4.79 Å². The maximum Gasteiger partial charge on any atom is 0.319 e. The summed E-state index contributed by atoms with van der Waals surface area (Å²) in [5, 5.41) is 3.16. The molecule has 2 aliphatic rings. The minimum atomic E-state index is -0.466. The molecule has 3 aromatic carbocycles. The number of hydrogen-bond donors (Lipinski definition) is 1. The Morgan fingerprint density at radius 3 is 2.12 bits per heavy atom. The van der Waals surface area contributed by atoms with Crippen LogP contribution in [-0.2, 0) is 16.0 Å². The molecule has 1 unspecified atom stereocenters. The van der Waals surface area contributed by atoms with Gasteiger partial charge in [0.25, 0.3) is 0 Å². The average molecular weight is 567 g/mol. The highest BCUT2D eigenvalue weighted by molar-refractivity contribution is 5.85. The zero-order valence-electron chi connectivity index (χ0n) is 24.5. The molecule has 2 heterocycles. The van der Waals surface area contributed by atoms with Crippen LogP contribution in [0.2, 0.25) is 0 Å². The van der Waals surface area contributed by atoms with Crippen LogP contribution in [0.1, 0.15) is 55.2 Å². The van der Waals surface area contributed by atoms with Crippen molar-refractivity contribution in [1.82, 2.24) is 20.0 Å². The van der Waals surface area contributed by atoms with Crippen LogP contribution in [0, 0.1) is 5.92 Å². The summed E-state index contributed by atoms with van der Waals surface area (Å²) in [6.45, 7) is 4.27. The van der Waals surface area contributed by atoms with Crippen LogP contribution in [0.25, 0.3) is 0 Å². The van der Waals surface area contributed by atoms with E-state index in [1.54, 1.807) is 9.80 Å². The van der Waals surface area contributed by atoms with Gasteiger partial charge in [-0.05, 0) is 36.0 Å². The summed E-state index contributed by atoms with van der Waals surface area (Å²) in [7, 11) is 0. The second-order valence-electron chi connectivity index (χ2n) is 11.4. The van der Waals surface area contributed by atoms with Gasteiger partial charge in [0, 0.05) is 38.5 Å². The van der Waals surface area contributed by atoms with Crippen molar-refractivity contribution >= 4 is 17.8 Å². The van der Waals surface area contributed by atoms with E-state index in [2.05, 4.69) is 36.5 Å². The third-order valence-electron chi connectivity index (χ3n) is 8.55. The number of carbonyl (C=O) groups is 3. The monoisotopic (exact) mass is 566 g/mol. The fraction of sp³-hybridized carbons (Fsp3) is 0.400. The number of fused-ring (bicyclic) bond motifs is 1. The lowest BCUT2D eigenvalue weighted by Gasteiger charge is -2.43. The number of nitrogens with zero attached hydrogens (tertiary/aromatic N) is 3. The Morgan fingerprint density at radius 1 is 0.881 bits per heavy atom. The lowest BCUT2D eigenvalue weighted by Crippen LogP contribution is -2.62. The van der Waals surface area contributed by atoms with Crippen LogP contribution >= 0.6 is 0 Å². The van der Waals surface area contributed by atoms with Gasteiger partial charge in [-0.1, -0.05) is 104 Å². The van der Waals surface area contributed by atoms with Crippen LogP contribution in [0.15, 0.2) is 91.0 Å². The normalized spacial score (nSPS) is 19.0. The van der Waals surface area contributed by atoms with Crippen molar-refractivity contribution in [1.29, 1.82) is 0 Å². The number of amides is 4. The Labute approximate surface area is 249 Å². The third kappa shape index (κ3) is 7.01. The van der Waals surface area contributed by atoms with E-state index in [1.165, 1.54) is 11.1 Å². The second-order valence-corrected chi connectivity index (χ2v) is 11.4. The van der Waals surface area contributed by atoms with Crippen molar-refractivity contribution in [3.05, 3.63) is 108 Å². The first-order valence-electron chi connectivity index (χ1n) is 15.3. The number of carbonyl (C=O) groups excluding carboxylic acids is 3. The van der Waals surface area contributed by atoms with Crippen molar-refractivity contribution in [2.24, 2.45) is 5.92 Å². The summed E-state index contributed by atoms with van der Waals surface area (Å²) in [6.07, 6.45) is 2.98. The number of unbranched alkanes of at least 4 members (excludes halogenated alkanes) is 1. The van der Waals surface area contributed by atoms with Crippen LogP contribution in [-0.4, -0.2) is 71.4 Å². The van der Waals surface area contributed by atoms with E-state index in [0.717, 1.165) is 24.8 Å². The molecule has 7 heteroatoms. The predicted molar refractivity (Wildman–Crippen MR) is 165 cm³/mol. The summed E-state index contributed by atoms with van der Waals surface area (Å²) in [4.78, 5) is 46.1. The highest BCUT2D eigenvalue weighted by atomic mass is 16.2. The Balaban J connectivity index is 1.31. The molecule has 0 aliphatic carbocycles. The maximum absolute atomic E-state index is 13.8. The fourth-order valence-electron chi connectivity index (χ4n) is 6.28. The van der Waals surface area contributed by atoms with Crippen molar-refractivity contribution < 1.29 is 14.4 Å². The molecule has 2 aliphatic heterocycles. The van der Waals surface area contributed by atoms with Gasteiger partial charge in [0.15, 0.2) is 0 Å². The number of hydrogen-bond acceptors (Lipinski definition) is 3. The summed E-state index contributed by atoms with van der Waals surface area (Å²) >= 11 is 0. The number of rotatable bonds is 10. The van der Waals surface area contributed by atoms with Gasteiger partial charge >= 0.3 is 6.03 Å². The molecular formula is C35H42N4O3. The molecule has 1 N–H and O–H groups in total. The first-order chi connectivity index (χ1) is 20.5. The number of nitrogens with one attached hydrogen (secondary N) is 1. The smallest absolute Gasteiger partial charge is 0.319 e. The summed E-state index contributed by atoms with van der Waals surface area (Å²) in [5.41, 5.74) is 3.51. The topological polar surface area (TPSA) is 73.0 Å². The molecule has 4 amide bonds. The van der Waals surface area contributed by atoms with Crippen molar-refractivity contribution in [2.75, 3.05) is 32.7 Å². The Bertz CT molecular complexity index is 1280. The SMILES string of the molecule is CCCCN1CC2N(C[C@@H](Cc3ccccc3)C1=O)C(=O)CCN2C(=O)NCCC(c1ccccc1)c1ccccc1.